The van der Waals surface area contributed by atoms with E-state index in [0.29, 0.717) is 0 Å². The fraction of sp³-hybridized carbons (Fsp3) is 0.706. The smallest absolute Gasteiger partial charge is 0.320 e. The molecule has 1 aliphatic rings. The zero-order chi connectivity index (χ0) is 23.1. The maximum Gasteiger partial charge on any atom is 0.320 e. The third-order valence-corrected chi connectivity index (χ3v) is 4.94. The third kappa shape index (κ3) is 7.93. The van der Waals surface area contributed by atoms with Crippen molar-refractivity contribution in [2.75, 3.05) is 45.8 Å². The van der Waals surface area contributed by atoms with Gasteiger partial charge in [0.15, 0.2) is 0 Å². The molecule has 13 heteroatoms. The Morgan fingerprint density at radius 1 is 0.867 bits per heavy atom. The van der Waals surface area contributed by atoms with E-state index in [9.17, 15) is 39.3 Å². The molecule has 0 aromatic carbocycles. The molecule has 13 nitrogen and oxygen atoms in total. The Balaban J connectivity index is 3.29. The molecule has 170 valence electrons. The highest BCUT2D eigenvalue weighted by molar-refractivity contribution is 5.75. The van der Waals surface area contributed by atoms with Gasteiger partial charge in [-0.05, 0) is 13.3 Å². The lowest BCUT2D eigenvalue weighted by Gasteiger charge is -2.43. The lowest BCUT2D eigenvalue weighted by Crippen LogP contribution is -2.61. The van der Waals surface area contributed by atoms with Gasteiger partial charge in [-0.25, -0.2) is 0 Å². The summed E-state index contributed by atoms with van der Waals surface area (Å²) in [6.45, 7) is -0.0245. The standard InChI is InChI=1S/C17H27N3O10/c1-17(20(7-14(25)26)8-15(27)28)9-18(6-13(23)24)4-5-19(10-17)11(16(29)30)2-3-12(21)22/h11H,2-10H2,1H3,(H,21,22)(H,23,24)(H,25,26)(H,27,28)(H,29,30)/t11-,17+/m1/s1. The van der Waals surface area contributed by atoms with E-state index in [4.69, 9.17) is 10.2 Å². The zero-order valence-electron chi connectivity index (χ0n) is 16.6. The van der Waals surface area contributed by atoms with Gasteiger partial charge in [-0.2, -0.15) is 0 Å². The van der Waals surface area contributed by atoms with Crippen molar-refractivity contribution in [2.24, 2.45) is 0 Å². The van der Waals surface area contributed by atoms with Crippen LogP contribution in [-0.4, -0.2) is 127 Å². The van der Waals surface area contributed by atoms with E-state index in [0.717, 1.165) is 4.90 Å². The molecular weight excluding hydrogens is 406 g/mol. The number of carboxylic acids is 5. The molecule has 5 N–H and O–H groups in total. The van der Waals surface area contributed by atoms with E-state index in [1.807, 2.05) is 0 Å². The lowest BCUT2D eigenvalue weighted by atomic mass is 9.96. The highest BCUT2D eigenvalue weighted by Crippen LogP contribution is 2.24. The SMILES string of the molecule is C[C@]1(N(CC(=O)O)CC(=O)O)CN(CC(=O)O)CCN([C@H](CCC(=O)O)C(=O)O)C1. The van der Waals surface area contributed by atoms with Gasteiger partial charge in [0.05, 0.1) is 19.6 Å². The first-order valence-corrected chi connectivity index (χ1v) is 9.15. The molecule has 0 unspecified atom stereocenters. The minimum absolute atomic E-state index is 0.0123. The monoisotopic (exact) mass is 433 g/mol. The molecule has 1 heterocycles. The normalized spacial score (nSPS) is 21.7. The Hall–Kier alpha value is -2.77. The van der Waals surface area contributed by atoms with E-state index >= 15 is 0 Å². The van der Waals surface area contributed by atoms with Crippen LogP contribution in [0.5, 0.6) is 0 Å². The summed E-state index contributed by atoms with van der Waals surface area (Å²) in [5.74, 6) is -6.18. The van der Waals surface area contributed by atoms with Crippen molar-refractivity contribution < 1.29 is 49.5 Å². The van der Waals surface area contributed by atoms with Crippen molar-refractivity contribution in [3.8, 4) is 0 Å². The number of aliphatic carboxylic acids is 5. The van der Waals surface area contributed by atoms with Crippen LogP contribution in [0.3, 0.4) is 0 Å². The summed E-state index contributed by atoms with van der Waals surface area (Å²) in [6.07, 6.45) is -0.617. The minimum atomic E-state index is -1.29. The van der Waals surface area contributed by atoms with Crippen molar-refractivity contribution in [3.05, 3.63) is 0 Å². The summed E-state index contributed by atoms with van der Waals surface area (Å²) >= 11 is 0. The average Bonchev–Trinajstić information content (AvgIpc) is 2.72. The molecule has 0 bridgehead atoms. The first kappa shape index (κ1) is 25.3. The predicted molar refractivity (Wildman–Crippen MR) is 99.2 cm³/mol. The van der Waals surface area contributed by atoms with Crippen LogP contribution in [0.1, 0.15) is 19.8 Å². The van der Waals surface area contributed by atoms with E-state index in [1.165, 1.54) is 9.80 Å². The highest BCUT2D eigenvalue weighted by atomic mass is 16.4. The van der Waals surface area contributed by atoms with Gasteiger partial charge in [0.25, 0.3) is 0 Å². The molecule has 1 aliphatic heterocycles. The predicted octanol–water partition coefficient (Wildman–Crippen LogP) is -1.76. The van der Waals surface area contributed by atoms with Crippen molar-refractivity contribution >= 4 is 29.8 Å². The molecular formula is C17H27N3O10. The summed E-state index contributed by atoms with van der Waals surface area (Å²) in [6, 6.07) is -1.21. The summed E-state index contributed by atoms with van der Waals surface area (Å²) in [7, 11) is 0. The van der Waals surface area contributed by atoms with Gasteiger partial charge in [-0.15, -0.1) is 0 Å². The fourth-order valence-corrected chi connectivity index (χ4v) is 3.68. The Morgan fingerprint density at radius 3 is 1.87 bits per heavy atom. The van der Waals surface area contributed by atoms with Crippen LogP contribution in [0.15, 0.2) is 0 Å². The van der Waals surface area contributed by atoms with Crippen molar-refractivity contribution in [3.63, 3.8) is 0 Å². The van der Waals surface area contributed by atoms with Crippen LogP contribution in [0.4, 0.5) is 0 Å². The number of carboxylic acid groups (broad SMARTS) is 5. The lowest BCUT2D eigenvalue weighted by molar-refractivity contribution is -0.149. The maximum absolute atomic E-state index is 11.8. The number of hydrogen-bond acceptors (Lipinski definition) is 8. The second kappa shape index (κ2) is 10.8. The zero-order valence-corrected chi connectivity index (χ0v) is 16.6. The summed E-state index contributed by atoms with van der Waals surface area (Å²) in [5.41, 5.74) is -1.22. The molecule has 0 aliphatic carbocycles. The summed E-state index contributed by atoms with van der Waals surface area (Å²) in [4.78, 5) is 60.6. The Morgan fingerprint density at radius 2 is 1.43 bits per heavy atom. The fourth-order valence-electron chi connectivity index (χ4n) is 3.68. The summed E-state index contributed by atoms with van der Waals surface area (Å²) < 4.78 is 0. The summed E-state index contributed by atoms with van der Waals surface area (Å²) in [5, 5.41) is 46.1. The van der Waals surface area contributed by atoms with E-state index in [1.54, 1.807) is 6.92 Å². The Kier molecular flexibility index (Phi) is 9.14. The molecule has 1 fully saturated rings. The van der Waals surface area contributed by atoms with Crippen LogP contribution in [0.2, 0.25) is 0 Å². The molecule has 1 saturated heterocycles. The average molecular weight is 433 g/mol. The second-order valence-electron chi connectivity index (χ2n) is 7.50. The van der Waals surface area contributed by atoms with Crippen LogP contribution in [0, 0.1) is 0 Å². The molecule has 0 spiro atoms. The van der Waals surface area contributed by atoms with Gasteiger partial charge in [0.2, 0.25) is 0 Å². The van der Waals surface area contributed by atoms with Crippen LogP contribution in [-0.2, 0) is 24.0 Å². The first-order valence-electron chi connectivity index (χ1n) is 9.15. The van der Waals surface area contributed by atoms with Crippen LogP contribution >= 0.6 is 0 Å². The topological polar surface area (TPSA) is 196 Å². The van der Waals surface area contributed by atoms with Crippen molar-refractivity contribution in [1.29, 1.82) is 0 Å². The largest absolute Gasteiger partial charge is 0.481 e. The van der Waals surface area contributed by atoms with Gasteiger partial charge >= 0.3 is 29.8 Å². The number of nitrogens with zero attached hydrogens (tertiary/aromatic N) is 3. The maximum atomic E-state index is 11.8. The van der Waals surface area contributed by atoms with Gasteiger partial charge in [0, 0.05) is 38.1 Å². The van der Waals surface area contributed by atoms with E-state index in [2.05, 4.69) is 0 Å². The van der Waals surface area contributed by atoms with E-state index in [-0.39, 0.29) is 32.6 Å². The molecule has 1 rings (SSSR count). The molecule has 0 radical (unpaired) electrons. The van der Waals surface area contributed by atoms with Crippen LogP contribution < -0.4 is 0 Å². The molecule has 0 amide bonds. The molecule has 0 saturated carbocycles. The Labute approximate surface area is 172 Å². The number of carbonyl (C=O) groups is 5. The highest BCUT2D eigenvalue weighted by Gasteiger charge is 2.42. The Bertz CT molecular complexity index is 669. The van der Waals surface area contributed by atoms with Crippen molar-refractivity contribution in [2.45, 2.75) is 31.3 Å². The van der Waals surface area contributed by atoms with Gasteiger partial charge in [-0.3, -0.25) is 38.7 Å². The quantitative estimate of drug-likeness (QED) is 0.232. The van der Waals surface area contributed by atoms with Gasteiger partial charge < -0.3 is 25.5 Å². The second-order valence-corrected chi connectivity index (χ2v) is 7.50. The first-order chi connectivity index (χ1) is 13.8. The molecule has 30 heavy (non-hydrogen) atoms. The van der Waals surface area contributed by atoms with Crippen LogP contribution in [0.25, 0.3) is 0 Å². The number of hydrogen-bond donors (Lipinski definition) is 5. The van der Waals surface area contributed by atoms with E-state index < -0.39 is 67.5 Å². The molecule has 2 atom stereocenters. The minimum Gasteiger partial charge on any atom is -0.481 e. The number of rotatable bonds is 12. The molecule has 0 aromatic rings. The molecule has 0 aromatic heterocycles. The third-order valence-electron chi connectivity index (χ3n) is 4.94. The van der Waals surface area contributed by atoms with Crippen molar-refractivity contribution in [1.82, 2.24) is 14.7 Å². The van der Waals surface area contributed by atoms with Gasteiger partial charge in [-0.1, -0.05) is 0 Å². The van der Waals surface area contributed by atoms with Gasteiger partial charge in [0.1, 0.15) is 6.04 Å².